The maximum atomic E-state index is 13.0. The van der Waals surface area contributed by atoms with Gasteiger partial charge in [0.1, 0.15) is 5.50 Å². The molecule has 0 radical (unpaired) electrons. The minimum Gasteiger partial charge on any atom is -0.359 e. The highest BCUT2D eigenvalue weighted by atomic mass is 35.5. The van der Waals surface area contributed by atoms with E-state index >= 15 is 0 Å². The third-order valence-corrected chi connectivity index (χ3v) is 5.67. The first-order valence-electron chi connectivity index (χ1n) is 9.05. The van der Waals surface area contributed by atoms with Crippen LogP contribution in [-0.4, -0.2) is 11.4 Å². The summed E-state index contributed by atoms with van der Waals surface area (Å²) in [5, 5.41) is 9.38. The molecule has 32 heavy (non-hydrogen) atoms. The molecule has 172 valence electrons. The number of carbonyl (C=O) groups is 1. The molecule has 0 aliphatic carbocycles. The van der Waals surface area contributed by atoms with Gasteiger partial charge in [-0.05, 0) is 48.2 Å². The molecule has 0 saturated heterocycles. The van der Waals surface area contributed by atoms with Gasteiger partial charge in [0.05, 0.1) is 22.6 Å². The summed E-state index contributed by atoms with van der Waals surface area (Å²) in [4.78, 5) is 12.2. The fourth-order valence-electron chi connectivity index (χ4n) is 2.92. The van der Waals surface area contributed by atoms with E-state index in [2.05, 4.69) is 16.0 Å². The van der Waals surface area contributed by atoms with Crippen molar-refractivity contribution in [1.29, 1.82) is 0 Å². The molecule has 1 heterocycles. The molecule has 1 atom stereocenters. The van der Waals surface area contributed by atoms with Gasteiger partial charge in [-0.15, -0.1) is 0 Å². The minimum atomic E-state index is -4.60. The number of benzene rings is 2. The third-order valence-electron chi connectivity index (χ3n) is 4.41. The molecule has 1 aliphatic heterocycles. The molecule has 12 heteroatoms. The summed E-state index contributed by atoms with van der Waals surface area (Å²) in [5.74, 6) is -0.548. The summed E-state index contributed by atoms with van der Waals surface area (Å²) >= 11 is 6.79. The van der Waals surface area contributed by atoms with Crippen molar-refractivity contribution < 1.29 is 31.1 Å². The number of aryl methyl sites for hydroxylation is 1. The normalized spacial score (nSPS) is 16.4. The largest absolute Gasteiger partial charge is 0.417 e. The van der Waals surface area contributed by atoms with Gasteiger partial charge in [0, 0.05) is 17.1 Å². The number of amides is 1. The number of rotatable bonds is 5. The molecular weight excluding hydrogens is 480 g/mol. The average molecular weight is 496 g/mol. The van der Waals surface area contributed by atoms with Gasteiger partial charge in [-0.1, -0.05) is 29.4 Å². The van der Waals surface area contributed by atoms with Gasteiger partial charge in [0.2, 0.25) is 5.91 Å². The molecule has 2 aromatic rings. The molecule has 1 amide bonds. The first-order valence-corrected chi connectivity index (χ1v) is 10.4. The zero-order valence-electron chi connectivity index (χ0n) is 16.3. The van der Waals surface area contributed by atoms with E-state index in [4.69, 9.17) is 11.6 Å². The molecule has 0 saturated carbocycles. The summed E-state index contributed by atoms with van der Waals surface area (Å²) in [6.07, 6.45) is -9.30. The van der Waals surface area contributed by atoms with Crippen molar-refractivity contribution in [2.45, 2.75) is 31.2 Å². The number of anilines is 2. The lowest BCUT2D eigenvalue weighted by atomic mass is 10.1. The molecule has 0 fully saturated rings. The predicted octanol–water partition coefficient (Wildman–Crippen LogP) is 6.59. The second-order valence-electron chi connectivity index (χ2n) is 6.89. The summed E-state index contributed by atoms with van der Waals surface area (Å²) in [6, 6.07) is 6.90. The fraction of sp³-hybridized carbons (Fsp3) is 0.250. The summed E-state index contributed by atoms with van der Waals surface area (Å²) < 4.78 is 78.0. The van der Waals surface area contributed by atoms with Crippen LogP contribution in [-0.2, 0) is 17.1 Å². The molecule has 0 aromatic heterocycles. The number of nitrogens with one attached hydrogen (secondary N) is 3. The van der Waals surface area contributed by atoms with Crippen LogP contribution in [0.15, 0.2) is 47.5 Å². The van der Waals surface area contributed by atoms with E-state index in [0.717, 1.165) is 18.2 Å². The fourth-order valence-corrected chi connectivity index (χ4v) is 4.02. The van der Waals surface area contributed by atoms with Gasteiger partial charge < -0.3 is 16.0 Å². The summed E-state index contributed by atoms with van der Waals surface area (Å²) in [7, 11) is 0. The van der Waals surface area contributed by atoms with Crippen LogP contribution in [0.2, 0.25) is 5.02 Å². The van der Waals surface area contributed by atoms with Gasteiger partial charge in [0.25, 0.3) is 0 Å². The van der Waals surface area contributed by atoms with Crippen molar-refractivity contribution in [3.63, 3.8) is 0 Å². The molecular formula is C20H16ClF6N3OS. The van der Waals surface area contributed by atoms with Crippen LogP contribution < -0.4 is 16.0 Å². The lowest BCUT2D eigenvalue weighted by Crippen LogP contribution is -2.30. The highest BCUT2D eigenvalue weighted by Gasteiger charge is 2.34. The first kappa shape index (κ1) is 24.1. The van der Waals surface area contributed by atoms with Crippen molar-refractivity contribution in [1.82, 2.24) is 5.32 Å². The van der Waals surface area contributed by atoms with E-state index in [1.54, 1.807) is 5.41 Å². The van der Waals surface area contributed by atoms with E-state index in [-0.39, 0.29) is 23.4 Å². The number of carbonyl (C=O) groups excluding carboxylic acids is 1. The van der Waals surface area contributed by atoms with Gasteiger partial charge in [-0.2, -0.15) is 26.3 Å². The Morgan fingerprint density at radius 2 is 1.66 bits per heavy atom. The highest BCUT2D eigenvalue weighted by molar-refractivity contribution is 8.03. The van der Waals surface area contributed by atoms with Gasteiger partial charge >= 0.3 is 12.4 Å². The average Bonchev–Trinajstić information content (AvgIpc) is 3.09. The van der Waals surface area contributed by atoms with Gasteiger partial charge in [-0.25, -0.2) is 0 Å². The maximum Gasteiger partial charge on any atom is 0.417 e. The Kier molecular flexibility index (Phi) is 6.89. The number of thioether (sulfide) groups is 1. The number of hydrogen-bond acceptors (Lipinski definition) is 4. The molecule has 3 rings (SSSR count). The van der Waals surface area contributed by atoms with Crippen LogP contribution in [0.4, 0.5) is 37.7 Å². The Balaban J connectivity index is 1.57. The topological polar surface area (TPSA) is 53.2 Å². The third kappa shape index (κ3) is 6.04. The summed E-state index contributed by atoms with van der Waals surface area (Å²) in [5.41, 5.74) is -1.68. The van der Waals surface area contributed by atoms with Crippen LogP contribution in [0.5, 0.6) is 0 Å². The highest BCUT2D eigenvalue weighted by Crippen LogP contribution is 2.37. The van der Waals surface area contributed by atoms with E-state index in [0.29, 0.717) is 5.70 Å². The zero-order valence-corrected chi connectivity index (χ0v) is 17.9. The maximum absolute atomic E-state index is 13.0. The number of alkyl halides is 6. The first-order chi connectivity index (χ1) is 14.8. The van der Waals surface area contributed by atoms with E-state index in [9.17, 15) is 31.1 Å². The lowest BCUT2D eigenvalue weighted by molar-refractivity contribution is -0.138. The van der Waals surface area contributed by atoms with E-state index in [1.165, 1.54) is 36.9 Å². The predicted molar refractivity (Wildman–Crippen MR) is 112 cm³/mol. The minimum absolute atomic E-state index is 0.00898. The van der Waals surface area contributed by atoms with Crippen LogP contribution in [0.1, 0.15) is 23.1 Å². The second kappa shape index (κ2) is 9.14. The molecule has 0 spiro atoms. The lowest BCUT2D eigenvalue weighted by Gasteiger charge is -2.18. The standard InChI is InChI=1S/C20H16ClF6N3OS/c1-10-2-3-11(6-14(10)19(22,23)24)28-17(31)8-13-9-32-18(30-13)29-12-4-5-16(21)15(7-12)20(25,26)27/h2-7,9,18,29-30H,8H2,1H3,(H,28,31). The second-order valence-corrected chi connectivity index (χ2v) is 8.28. The van der Waals surface area contributed by atoms with Crippen molar-refractivity contribution in [3.05, 3.63) is 69.2 Å². The van der Waals surface area contributed by atoms with Crippen LogP contribution in [0.25, 0.3) is 0 Å². The zero-order chi connectivity index (χ0) is 23.7. The molecule has 1 unspecified atom stereocenters. The van der Waals surface area contributed by atoms with Crippen LogP contribution in [0, 0.1) is 6.92 Å². The Hall–Kier alpha value is -2.53. The van der Waals surface area contributed by atoms with Crippen molar-refractivity contribution in [2.24, 2.45) is 0 Å². The molecule has 1 aliphatic rings. The molecule has 3 N–H and O–H groups in total. The van der Waals surface area contributed by atoms with Crippen molar-refractivity contribution in [3.8, 4) is 0 Å². The quantitative estimate of drug-likeness (QED) is 0.410. The Morgan fingerprint density at radius 1 is 1.03 bits per heavy atom. The smallest absolute Gasteiger partial charge is 0.359 e. The number of halogens is 7. The Bertz CT molecular complexity index is 1050. The number of hydrogen-bond donors (Lipinski definition) is 3. The summed E-state index contributed by atoms with van der Waals surface area (Å²) in [6.45, 7) is 1.32. The Morgan fingerprint density at radius 3 is 2.31 bits per heavy atom. The molecule has 4 nitrogen and oxygen atoms in total. The van der Waals surface area contributed by atoms with Gasteiger partial charge in [0.15, 0.2) is 0 Å². The monoisotopic (exact) mass is 495 g/mol. The van der Waals surface area contributed by atoms with E-state index in [1.807, 2.05) is 0 Å². The van der Waals surface area contributed by atoms with Crippen molar-refractivity contribution in [2.75, 3.05) is 10.6 Å². The van der Waals surface area contributed by atoms with Crippen molar-refractivity contribution >= 4 is 40.6 Å². The van der Waals surface area contributed by atoms with Crippen LogP contribution in [0.3, 0.4) is 0 Å². The Labute approximate surface area is 188 Å². The SMILES string of the molecule is Cc1ccc(NC(=O)CC2=CSC(Nc3ccc(Cl)c(C(F)(F)F)c3)N2)cc1C(F)(F)F. The molecule has 2 aromatic carbocycles. The molecule has 0 bridgehead atoms. The van der Waals surface area contributed by atoms with Gasteiger partial charge in [-0.3, -0.25) is 4.79 Å². The van der Waals surface area contributed by atoms with E-state index < -0.39 is 39.9 Å². The van der Waals surface area contributed by atoms with Crippen LogP contribution >= 0.6 is 23.4 Å².